The first kappa shape index (κ1) is 30.0. The summed E-state index contributed by atoms with van der Waals surface area (Å²) in [7, 11) is 1.34. The molecule has 0 unspecified atom stereocenters. The van der Waals surface area contributed by atoms with Crippen LogP contribution in [0, 0.1) is 6.92 Å². The summed E-state index contributed by atoms with van der Waals surface area (Å²) >= 11 is 1.54. The van der Waals surface area contributed by atoms with Crippen molar-refractivity contribution in [3.63, 3.8) is 0 Å². The molecule has 36 heavy (non-hydrogen) atoms. The molecule has 2 aromatic carbocycles. The lowest BCUT2D eigenvalue weighted by Gasteiger charge is -2.03. The molecular weight excluding hydrogens is 476 g/mol. The number of nitrogens with zero attached hydrogens (tertiary/aromatic N) is 2. The molecule has 7 N–H and O–H groups in total. The smallest absolute Gasteiger partial charge is 0.411 e. The highest BCUT2D eigenvalue weighted by Gasteiger charge is 2.00. The third-order valence-corrected chi connectivity index (χ3v) is 5.30. The molecule has 1 amide bonds. The van der Waals surface area contributed by atoms with Crippen molar-refractivity contribution in [2.24, 2.45) is 16.5 Å². The van der Waals surface area contributed by atoms with Crippen molar-refractivity contribution >= 4 is 39.9 Å². The lowest BCUT2D eigenvalue weighted by molar-refractivity contribution is 0.187. The monoisotopic (exact) mass is 512 g/mol. The molecular formula is C26H36N6O3S. The molecule has 0 radical (unpaired) electrons. The van der Waals surface area contributed by atoms with E-state index in [1.54, 1.807) is 18.3 Å². The second-order valence-corrected chi connectivity index (χ2v) is 8.33. The summed E-state index contributed by atoms with van der Waals surface area (Å²) in [5.41, 5.74) is 16.1. The first-order chi connectivity index (χ1) is 17.2. The Hall–Kier alpha value is -4.05. The van der Waals surface area contributed by atoms with Gasteiger partial charge in [0.25, 0.3) is 0 Å². The molecule has 0 saturated carbocycles. The van der Waals surface area contributed by atoms with Crippen molar-refractivity contribution < 1.29 is 14.6 Å². The second kappa shape index (κ2) is 16.6. The number of methoxy groups -OCH3 is 1. The number of carbonyl (C=O) groups is 1. The molecule has 0 aliphatic carbocycles. The van der Waals surface area contributed by atoms with Crippen molar-refractivity contribution in [2.45, 2.75) is 40.5 Å². The van der Waals surface area contributed by atoms with Gasteiger partial charge in [0.15, 0.2) is 11.1 Å². The first-order valence-corrected chi connectivity index (χ1v) is 12.2. The van der Waals surface area contributed by atoms with Gasteiger partial charge < -0.3 is 26.6 Å². The van der Waals surface area contributed by atoms with Crippen LogP contribution in [0.4, 0.5) is 21.3 Å². The molecule has 1 aromatic heterocycles. The topological polar surface area (TPSA) is 148 Å². The lowest BCUT2D eigenvalue weighted by atomic mass is 10.1. The van der Waals surface area contributed by atoms with Gasteiger partial charge in [0.2, 0.25) is 0 Å². The standard InChI is InChI=1S/C10H13NO2.C8H11N3.C8H12N2OS/c1-3-8-4-6-9(7-5-8)11-10(12)13-2;1-6-2-4-7(5-3-6)11-8(9)10;1-3-7-5-12-8(10-7)9-6(2)4-11/h4-7H,3H2,1-2H3,(H,11,12);2-5H,1H3,(H4,9,10,11);4-5,11H,3H2,1-2H3,(H,9,10). The maximum absolute atomic E-state index is 10.8. The molecule has 1 heterocycles. The average Bonchev–Trinajstić information content (AvgIpc) is 3.33. The Morgan fingerprint density at radius 2 is 1.72 bits per heavy atom. The Labute approximate surface area is 216 Å². The van der Waals surface area contributed by atoms with Gasteiger partial charge in [-0.15, -0.1) is 11.3 Å². The fourth-order valence-corrected chi connectivity index (χ4v) is 3.35. The van der Waals surface area contributed by atoms with Crippen LogP contribution >= 0.6 is 11.3 Å². The fraction of sp³-hybridized carbons (Fsp3) is 0.269. The van der Waals surface area contributed by atoms with Gasteiger partial charge in [0.1, 0.15) is 0 Å². The zero-order chi connectivity index (χ0) is 26.9. The Morgan fingerprint density at radius 1 is 1.08 bits per heavy atom. The molecule has 194 valence electrons. The van der Waals surface area contributed by atoms with E-state index in [0.717, 1.165) is 41.3 Å². The zero-order valence-corrected chi connectivity index (χ0v) is 22.2. The summed E-state index contributed by atoms with van der Waals surface area (Å²) in [4.78, 5) is 18.9. The molecule has 0 aliphatic heterocycles. The van der Waals surface area contributed by atoms with Crippen LogP contribution in [-0.4, -0.2) is 29.3 Å². The van der Waals surface area contributed by atoms with Gasteiger partial charge in [-0.25, -0.2) is 14.8 Å². The van der Waals surface area contributed by atoms with E-state index in [9.17, 15) is 4.79 Å². The summed E-state index contributed by atoms with van der Waals surface area (Å²) in [5, 5.41) is 17.0. The predicted molar refractivity (Wildman–Crippen MR) is 150 cm³/mol. The molecule has 3 aromatic rings. The number of hydrogen-bond donors (Lipinski definition) is 5. The molecule has 0 atom stereocenters. The predicted octanol–water partition coefficient (Wildman–Crippen LogP) is 5.86. The van der Waals surface area contributed by atoms with E-state index < -0.39 is 6.09 Å². The summed E-state index contributed by atoms with van der Waals surface area (Å²) < 4.78 is 4.46. The number of nitrogens with two attached hydrogens (primary N) is 2. The van der Waals surface area contributed by atoms with Gasteiger partial charge in [-0.2, -0.15) is 0 Å². The number of aliphatic hydroxyl groups is 1. The number of allylic oxidation sites excluding steroid dienone is 1. The normalized spacial score (nSPS) is 10.1. The van der Waals surface area contributed by atoms with Crippen LogP contribution in [0.5, 0.6) is 0 Å². The molecule has 10 heteroatoms. The van der Waals surface area contributed by atoms with E-state index in [-0.39, 0.29) is 5.96 Å². The Balaban J connectivity index is 0.000000271. The van der Waals surface area contributed by atoms with E-state index in [2.05, 4.69) is 39.2 Å². The highest BCUT2D eigenvalue weighted by molar-refractivity contribution is 7.13. The van der Waals surface area contributed by atoms with Crippen LogP contribution in [0.25, 0.3) is 0 Å². The second-order valence-electron chi connectivity index (χ2n) is 7.47. The summed E-state index contributed by atoms with van der Waals surface area (Å²) in [6, 6.07) is 15.3. The van der Waals surface area contributed by atoms with Crippen LogP contribution in [0.1, 0.15) is 37.6 Å². The van der Waals surface area contributed by atoms with E-state index >= 15 is 0 Å². The van der Waals surface area contributed by atoms with Crippen LogP contribution < -0.4 is 22.1 Å². The average molecular weight is 513 g/mol. The number of aliphatic hydroxyl groups excluding tert-OH is 1. The third-order valence-electron chi connectivity index (χ3n) is 4.50. The number of aliphatic imine (C=N–C) groups is 1. The minimum absolute atomic E-state index is 0.0915. The first-order valence-electron chi connectivity index (χ1n) is 11.3. The lowest BCUT2D eigenvalue weighted by Crippen LogP contribution is -2.21. The fourth-order valence-electron chi connectivity index (χ4n) is 2.49. The molecule has 0 spiro atoms. The van der Waals surface area contributed by atoms with E-state index in [0.29, 0.717) is 5.70 Å². The van der Waals surface area contributed by atoms with Crippen LogP contribution in [0.15, 0.2) is 70.9 Å². The minimum Gasteiger partial charge on any atom is -0.514 e. The Morgan fingerprint density at radius 3 is 2.19 bits per heavy atom. The number of guanidine groups is 1. The van der Waals surface area contributed by atoms with Crippen LogP contribution in [0.3, 0.4) is 0 Å². The number of ether oxygens (including phenoxy) is 1. The van der Waals surface area contributed by atoms with Gasteiger partial charge in [0, 0.05) is 16.8 Å². The number of thiazole rings is 1. The van der Waals surface area contributed by atoms with E-state index in [4.69, 9.17) is 16.6 Å². The van der Waals surface area contributed by atoms with Crippen LogP contribution in [0.2, 0.25) is 0 Å². The molecule has 0 bridgehead atoms. The number of aryl methyl sites for hydroxylation is 3. The number of rotatable bonds is 6. The SMILES string of the molecule is CCc1ccc(NC(=O)OC)cc1.CCc1csc(NC(C)=CO)n1.Cc1ccc(N=C(N)N)cc1. The third kappa shape index (κ3) is 12.4. The number of aromatic nitrogens is 1. The van der Waals surface area contributed by atoms with Gasteiger partial charge in [0.05, 0.1) is 24.8 Å². The number of benzene rings is 2. The van der Waals surface area contributed by atoms with Gasteiger partial charge in [-0.1, -0.05) is 43.7 Å². The largest absolute Gasteiger partial charge is 0.514 e. The number of anilines is 2. The van der Waals surface area contributed by atoms with Crippen molar-refractivity contribution in [1.82, 2.24) is 4.98 Å². The molecule has 0 fully saturated rings. The maximum Gasteiger partial charge on any atom is 0.411 e. The maximum atomic E-state index is 10.8. The summed E-state index contributed by atoms with van der Waals surface area (Å²) in [5.74, 6) is 0.0915. The summed E-state index contributed by atoms with van der Waals surface area (Å²) in [6.07, 6.45) is 2.54. The summed E-state index contributed by atoms with van der Waals surface area (Å²) in [6.45, 7) is 7.95. The zero-order valence-electron chi connectivity index (χ0n) is 21.4. The number of hydrogen-bond acceptors (Lipinski definition) is 7. The highest BCUT2D eigenvalue weighted by atomic mass is 32.1. The molecule has 0 aliphatic rings. The van der Waals surface area contributed by atoms with Crippen molar-refractivity contribution in [1.29, 1.82) is 0 Å². The molecule has 9 nitrogen and oxygen atoms in total. The Kier molecular flexibility index (Phi) is 13.8. The number of amides is 1. The molecule has 0 saturated heterocycles. The van der Waals surface area contributed by atoms with Crippen molar-refractivity contribution in [3.05, 3.63) is 82.7 Å². The van der Waals surface area contributed by atoms with Crippen LogP contribution in [-0.2, 0) is 17.6 Å². The van der Waals surface area contributed by atoms with Gasteiger partial charge >= 0.3 is 6.09 Å². The number of carbonyl (C=O) groups excluding carboxylic acids is 1. The van der Waals surface area contributed by atoms with Crippen molar-refractivity contribution in [2.75, 3.05) is 17.7 Å². The van der Waals surface area contributed by atoms with E-state index in [1.165, 1.54) is 18.2 Å². The van der Waals surface area contributed by atoms with Gasteiger partial charge in [-0.05, 0) is 56.5 Å². The Bertz CT molecular complexity index is 1110. The van der Waals surface area contributed by atoms with Crippen molar-refractivity contribution in [3.8, 4) is 0 Å². The minimum atomic E-state index is -0.441. The quantitative estimate of drug-likeness (QED) is 0.158. The number of nitrogens with one attached hydrogen (secondary N) is 2. The highest BCUT2D eigenvalue weighted by Crippen LogP contribution is 2.17. The van der Waals surface area contributed by atoms with Gasteiger partial charge in [-0.3, -0.25) is 5.32 Å². The van der Waals surface area contributed by atoms with E-state index in [1.807, 2.05) is 60.8 Å². The molecule has 3 rings (SSSR count).